The Balaban J connectivity index is 1.89. The summed E-state index contributed by atoms with van der Waals surface area (Å²) in [5, 5.41) is 12.2. The highest BCUT2D eigenvalue weighted by Crippen LogP contribution is 2.27. The highest BCUT2D eigenvalue weighted by molar-refractivity contribution is 9.10. The lowest BCUT2D eigenvalue weighted by molar-refractivity contribution is -0.138. The molecule has 0 unspecified atom stereocenters. The summed E-state index contributed by atoms with van der Waals surface area (Å²) in [6.07, 6.45) is 1.63. The van der Waals surface area contributed by atoms with Crippen molar-refractivity contribution in [2.75, 3.05) is 18.4 Å². The standard InChI is InChI=1S/C14H16BrClN2O3/c15-11-8-10(16)1-2-12(11)17-14(21)18-5-3-9(4-6-18)7-13(19)20/h1-2,8-9H,3-7H2,(H,17,21)(H,19,20). The number of carbonyl (C=O) groups excluding carboxylic acids is 1. The van der Waals surface area contributed by atoms with Crippen molar-refractivity contribution in [2.45, 2.75) is 19.3 Å². The molecule has 0 spiro atoms. The van der Waals surface area contributed by atoms with Crippen LogP contribution < -0.4 is 5.32 Å². The van der Waals surface area contributed by atoms with E-state index in [0.717, 1.165) is 17.3 Å². The Morgan fingerprint density at radius 2 is 2.05 bits per heavy atom. The number of halogens is 2. The first kappa shape index (κ1) is 16.1. The van der Waals surface area contributed by atoms with Gasteiger partial charge in [0.25, 0.3) is 0 Å². The van der Waals surface area contributed by atoms with Crippen molar-refractivity contribution in [3.8, 4) is 0 Å². The van der Waals surface area contributed by atoms with E-state index in [-0.39, 0.29) is 18.4 Å². The Morgan fingerprint density at radius 1 is 1.38 bits per heavy atom. The van der Waals surface area contributed by atoms with Crippen molar-refractivity contribution in [3.05, 3.63) is 27.7 Å². The van der Waals surface area contributed by atoms with Crippen molar-refractivity contribution >= 4 is 45.2 Å². The largest absolute Gasteiger partial charge is 0.481 e. The van der Waals surface area contributed by atoms with E-state index in [0.29, 0.717) is 23.8 Å². The minimum absolute atomic E-state index is 0.161. The zero-order valence-electron chi connectivity index (χ0n) is 11.3. The molecule has 0 aromatic heterocycles. The zero-order chi connectivity index (χ0) is 15.4. The van der Waals surface area contributed by atoms with E-state index in [1.807, 2.05) is 0 Å². The van der Waals surface area contributed by atoms with Gasteiger partial charge in [-0.15, -0.1) is 0 Å². The lowest BCUT2D eigenvalue weighted by atomic mass is 9.94. The molecular formula is C14H16BrClN2O3. The number of rotatable bonds is 3. The van der Waals surface area contributed by atoms with Crippen molar-refractivity contribution < 1.29 is 14.7 Å². The monoisotopic (exact) mass is 374 g/mol. The lowest BCUT2D eigenvalue weighted by Crippen LogP contribution is -2.41. The summed E-state index contributed by atoms with van der Waals surface area (Å²) in [5.74, 6) is -0.614. The molecule has 0 bridgehead atoms. The van der Waals surface area contributed by atoms with E-state index in [4.69, 9.17) is 16.7 Å². The second kappa shape index (κ2) is 7.13. The average molecular weight is 376 g/mol. The maximum Gasteiger partial charge on any atom is 0.321 e. The van der Waals surface area contributed by atoms with E-state index >= 15 is 0 Å². The second-order valence-corrected chi connectivity index (χ2v) is 6.37. The number of amides is 2. The Bertz CT molecular complexity index is 545. The molecule has 0 aliphatic carbocycles. The summed E-state index contributed by atoms with van der Waals surface area (Å²) in [7, 11) is 0. The molecule has 0 radical (unpaired) electrons. The molecule has 1 aliphatic heterocycles. The van der Waals surface area contributed by atoms with E-state index in [1.165, 1.54) is 0 Å². The van der Waals surface area contributed by atoms with Gasteiger partial charge in [0, 0.05) is 29.0 Å². The molecule has 1 aromatic carbocycles. The zero-order valence-corrected chi connectivity index (χ0v) is 13.7. The molecule has 5 nitrogen and oxygen atoms in total. The summed E-state index contributed by atoms with van der Waals surface area (Å²) < 4.78 is 0.726. The average Bonchev–Trinajstić information content (AvgIpc) is 2.42. The SMILES string of the molecule is O=C(O)CC1CCN(C(=O)Nc2ccc(Cl)cc2Br)CC1. The minimum Gasteiger partial charge on any atom is -0.481 e. The van der Waals surface area contributed by atoms with Gasteiger partial charge in [-0.2, -0.15) is 0 Å². The van der Waals surface area contributed by atoms with Crippen LogP contribution in [0.2, 0.25) is 5.02 Å². The van der Waals surface area contributed by atoms with Crippen LogP contribution >= 0.6 is 27.5 Å². The molecule has 0 atom stereocenters. The van der Waals surface area contributed by atoms with Gasteiger partial charge in [0.05, 0.1) is 5.69 Å². The number of likely N-dealkylation sites (tertiary alicyclic amines) is 1. The molecule has 1 heterocycles. The number of carboxylic acids is 1. The number of nitrogens with one attached hydrogen (secondary N) is 1. The van der Waals surface area contributed by atoms with Crippen LogP contribution in [0.5, 0.6) is 0 Å². The molecule has 2 rings (SSSR count). The van der Waals surface area contributed by atoms with Gasteiger partial charge in [-0.1, -0.05) is 11.6 Å². The van der Waals surface area contributed by atoms with Gasteiger partial charge in [0.15, 0.2) is 0 Å². The fourth-order valence-corrected chi connectivity index (χ4v) is 3.15. The highest BCUT2D eigenvalue weighted by Gasteiger charge is 2.24. The number of benzene rings is 1. The lowest BCUT2D eigenvalue weighted by Gasteiger charge is -2.31. The molecule has 1 saturated heterocycles. The van der Waals surface area contributed by atoms with Gasteiger partial charge in [-0.25, -0.2) is 4.79 Å². The number of urea groups is 1. The molecule has 1 aliphatic rings. The Morgan fingerprint density at radius 3 is 2.62 bits per heavy atom. The van der Waals surface area contributed by atoms with Crippen LogP contribution in [0.4, 0.5) is 10.5 Å². The molecule has 7 heteroatoms. The predicted molar refractivity (Wildman–Crippen MR) is 84.7 cm³/mol. The molecule has 21 heavy (non-hydrogen) atoms. The first-order chi connectivity index (χ1) is 9.95. The summed E-state index contributed by atoms with van der Waals surface area (Å²) in [6, 6.07) is 4.99. The number of carbonyl (C=O) groups is 2. The summed E-state index contributed by atoms with van der Waals surface area (Å²) in [5.41, 5.74) is 0.664. The molecular weight excluding hydrogens is 360 g/mol. The van der Waals surface area contributed by atoms with Crippen LogP contribution in [0, 0.1) is 5.92 Å². The number of hydrogen-bond donors (Lipinski definition) is 2. The summed E-state index contributed by atoms with van der Waals surface area (Å²) >= 11 is 9.21. The summed E-state index contributed by atoms with van der Waals surface area (Å²) in [6.45, 7) is 1.16. The number of piperidine rings is 1. The third-order valence-electron chi connectivity index (χ3n) is 3.54. The topological polar surface area (TPSA) is 69.6 Å². The van der Waals surface area contributed by atoms with Crippen LogP contribution in [0.25, 0.3) is 0 Å². The maximum atomic E-state index is 12.2. The molecule has 114 valence electrons. The first-order valence-electron chi connectivity index (χ1n) is 6.68. The summed E-state index contributed by atoms with van der Waals surface area (Å²) in [4.78, 5) is 24.6. The van der Waals surface area contributed by atoms with Gasteiger partial charge in [0.2, 0.25) is 0 Å². The highest BCUT2D eigenvalue weighted by atomic mass is 79.9. The van der Waals surface area contributed by atoms with Crippen molar-refractivity contribution in [1.29, 1.82) is 0 Å². The second-order valence-electron chi connectivity index (χ2n) is 5.08. The maximum absolute atomic E-state index is 12.2. The number of hydrogen-bond acceptors (Lipinski definition) is 2. The van der Waals surface area contributed by atoms with Gasteiger partial charge in [0.1, 0.15) is 0 Å². The minimum atomic E-state index is -0.775. The smallest absolute Gasteiger partial charge is 0.321 e. The van der Waals surface area contributed by atoms with E-state index < -0.39 is 5.97 Å². The number of carboxylic acid groups (broad SMARTS) is 1. The normalized spacial score (nSPS) is 15.8. The Labute approximate surface area is 136 Å². The van der Waals surface area contributed by atoms with E-state index in [1.54, 1.807) is 23.1 Å². The fraction of sp³-hybridized carbons (Fsp3) is 0.429. The van der Waals surface area contributed by atoms with Crippen LogP contribution in [0.1, 0.15) is 19.3 Å². The Kier molecular flexibility index (Phi) is 5.47. The molecule has 1 aromatic rings. The third-order valence-corrected chi connectivity index (χ3v) is 4.43. The van der Waals surface area contributed by atoms with Crippen LogP contribution in [-0.4, -0.2) is 35.1 Å². The first-order valence-corrected chi connectivity index (χ1v) is 7.85. The number of aliphatic carboxylic acids is 1. The van der Waals surface area contributed by atoms with Crippen LogP contribution in [0.3, 0.4) is 0 Å². The number of anilines is 1. The van der Waals surface area contributed by atoms with Crippen molar-refractivity contribution in [2.24, 2.45) is 5.92 Å². The fourth-order valence-electron chi connectivity index (χ4n) is 2.37. The van der Waals surface area contributed by atoms with Gasteiger partial charge < -0.3 is 15.3 Å². The van der Waals surface area contributed by atoms with E-state index in [2.05, 4.69) is 21.2 Å². The molecule has 2 amide bonds. The molecule has 0 saturated carbocycles. The van der Waals surface area contributed by atoms with Crippen molar-refractivity contribution in [3.63, 3.8) is 0 Å². The Hall–Kier alpha value is -1.27. The van der Waals surface area contributed by atoms with Crippen LogP contribution in [-0.2, 0) is 4.79 Å². The quantitative estimate of drug-likeness (QED) is 0.844. The predicted octanol–water partition coefficient (Wildman–Crippen LogP) is 3.82. The number of nitrogens with zero attached hydrogens (tertiary/aromatic N) is 1. The van der Waals surface area contributed by atoms with Crippen molar-refractivity contribution in [1.82, 2.24) is 4.90 Å². The van der Waals surface area contributed by atoms with Gasteiger partial charge in [-0.05, 0) is 52.9 Å². The van der Waals surface area contributed by atoms with Gasteiger partial charge >= 0.3 is 12.0 Å². The molecule has 2 N–H and O–H groups in total. The van der Waals surface area contributed by atoms with Crippen LogP contribution in [0.15, 0.2) is 22.7 Å². The third kappa shape index (κ3) is 4.61. The molecule has 1 fully saturated rings. The van der Waals surface area contributed by atoms with Gasteiger partial charge in [-0.3, -0.25) is 4.79 Å². The van der Waals surface area contributed by atoms with E-state index in [9.17, 15) is 9.59 Å².